The van der Waals surface area contributed by atoms with Gasteiger partial charge in [-0.05, 0) is 55.1 Å². The molecule has 0 radical (unpaired) electrons. The molecule has 2 saturated heterocycles. The van der Waals surface area contributed by atoms with Gasteiger partial charge in [0.15, 0.2) is 5.60 Å². The van der Waals surface area contributed by atoms with Crippen molar-refractivity contribution in [2.45, 2.75) is 82.6 Å². The van der Waals surface area contributed by atoms with Crippen molar-refractivity contribution in [1.82, 2.24) is 5.32 Å². The van der Waals surface area contributed by atoms with E-state index in [-0.39, 0.29) is 30.0 Å². The molecule has 6 nitrogen and oxygen atoms in total. The smallest absolute Gasteiger partial charge is 0.306 e. The number of amides is 1. The molecule has 0 aromatic heterocycles. The number of rotatable bonds is 9. The highest BCUT2D eigenvalue weighted by Crippen LogP contribution is 2.50. The number of allylic oxidation sites excluding steroid dienone is 1. The van der Waals surface area contributed by atoms with E-state index in [4.69, 9.17) is 4.74 Å². The van der Waals surface area contributed by atoms with E-state index in [1.54, 1.807) is 0 Å². The summed E-state index contributed by atoms with van der Waals surface area (Å²) in [6.07, 6.45) is 8.54. The first-order valence-electron chi connectivity index (χ1n) is 13.0. The van der Waals surface area contributed by atoms with Gasteiger partial charge >= 0.3 is 5.97 Å². The summed E-state index contributed by atoms with van der Waals surface area (Å²) in [5, 5.41) is 25.9. The van der Waals surface area contributed by atoms with E-state index in [1.807, 2.05) is 49.4 Å². The monoisotopic (exact) mass is 481 g/mol. The predicted octanol–water partition coefficient (Wildman–Crippen LogP) is 3.72. The standard InChI is InChI=1S/C29H39NO5/c1-18(9-7-13-22-15-16-25(31)35-22)10-8-14-23-27(32)20(3)19(2)26-24(30-28(33)29(23,26)34)17-21-11-5-4-6-12-21/h4-6,8,11-12,14,18-19,22-24,26-27,32,34H,3,7,9-10,13,15-17H2,1-2H3,(H,30,33)/b14-8+/t18-,19+,22+,23+,24-,26-,27+,29-/m0/s1. The molecule has 3 aliphatic rings. The largest absolute Gasteiger partial charge is 0.462 e. The van der Waals surface area contributed by atoms with Crippen molar-refractivity contribution in [3.63, 3.8) is 0 Å². The van der Waals surface area contributed by atoms with Crippen LogP contribution in [-0.2, 0) is 20.7 Å². The number of hydrogen-bond acceptors (Lipinski definition) is 5. The average molecular weight is 482 g/mol. The quantitative estimate of drug-likeness (QED) is 0.369. The Bertz CT molecular complexity index is 959. The summed E-state index contributed by atoms with van der Waals surface area (Å²) in [6.45, 7) is 8.25. The predicted molar refractivity (Wildman–Crippen MR) is 134 cm³/mol. The van der Waals surface area contributed by atoms with Gasteiger partial charge in [0, 0.05) is 24.3 Å². The minimum Gasteiger partial charge on any atom is -0.462 e. The van der Waals surface area contributed by atoms with Crippen LogP contribution in [0.1, 0.15) is 57.9 Å². The molecule has 0 unspecified atom stereocenters. The molecular weight excluding hydrogens is 442 g/mol. The summed E-state index contributed by atoms with van der Waals surface area (Å²) in [6, 6.07) is 9.72. The van der Waals surface area contributed by atoms with Crippen molar-refractivity contribution in [2.75, 3.05) is 0 Å². The third-order valence-electron chi connectivity index (χ3n) is 8.35. The first-order chi connectivity index (χ1) is 16.7. The minimum atomic E-state index is -1.68. The lowest BCUT2D eigenvalue weighted by molar-refractivity contribution is -0.154. The van der Waals surface area contributed by atoms with Crippen LogP contribution in [-0.4, -0.2) is 45.9 Å². The van der Waals surface area contributed by atoms with Gasteiger partial charge in [0.25, 0.3) is 5.91 Å². The molecule has 6 heteroatoms. The number of hydrogen-bond donors (Lipinski definition) is 3. The van der Waals surface area contributed by atoms with Gasteiger partial charge in [-0.25, -0.2) is 0 Å². The number of aliphatic hydroxyl groups excluding tert-OH is 1. The Hall–Kier alpha value is -2.44. The third kappa shape index (κ3) is 5.24. The maximum absolute atomic E-state index is 13.2. The summed E-state index contributed by atoms with van der Waals surface area (Å²) in [5.74, 6) is -1.40. The summed E-state index contributed by atoms with van der Waals surface area (Å²) in [4.78, 5) is 24.4. The number of ether oxygens (including phenoxy) is 1. The summed E-state index contributed by atoms with van der Waals surface area (Å²) in [7, 11) is 0. The van der Waals surface area contributed by atoms with Crippen LogP contribution in [0.2, 0.25) is 0 Å². The molecular formula is C29H39NO5. The van der Waals surface area contributed by atoms with Gasteiger partial charge < -0.3 is 20.3 Å². The van der Waals surface area contributed by atoms with Gasteiger partial charge in [0.05, 0.1) is 6.10 Å². The lowest BCUT2D eigenvalue weighted by Crippen LogP contribution is -2.59. The number of esters is 1. The highest BCUT2D eigenvalue weighted by atomic mass is 16.5. The fourth-order valence-electron chi connectivity index (χ4n) is 6.26. The second-order valence-corrected chi connectivity index (χ2v) is 10.8. The molecule has 0 spiro atoms. The Kier molecular flexibility index (Phi) is 7.82. The van der Waals surface area contributed by atoms with Crippen LogP contribution in [0.5, 0.6) is 0 Å². The maximum atomic E-state index is 13.2. The lowest BCUT2D eigenvalue weighted by Gasteiger charge is -2.47. The van der Waals surface area contributed by atoms with Crippen molar-refractivity contribution in [3.8, 4) is 0 Å². The Morgan fingerprint density at radius 3 is 2.71 bits per heavy atom. The molecule has 1 saturated carbocycles. The zero-order valence-corrected chi connectivity index (χ0v) is 20.9. The van der Waals surface area contributed by atoms with Crippen molar-refractivity contribution in [2.24, 2.45) is 23.7 Å². The SMILES string of the molecule is C=C1[C@@H](C)[C@H]2[C@H](Cc3ccccc3)NC(=O)[C@]2(O)[C@H](/C=C/C[C@@H](C)CCC[C@@H]2CCC(=O)O2)[C@@H]1O. The molecule has 1 aromatic rings. The number of carbonyl (C=O) groups excluding carboxylic acids is 2. The summed E-state index contributed by atoms with van der Waals surface area (Å²) < 4.78 is 5.29. The molecule has 3 fully saturated rings. The molecule has 190 valence electrons. The van der Waals surface area contributed by atoms with Crippen molar-refractivity contribution >= 4 is 11.9 Å². The van der Waals surface area contributed by atoms with Crippen LogP contribution in [0.15, 0.2) is 54.6 Å². The molecule has 2 heterocycles. The average Bonchev–Trinajstić information content (AvgIpc) is 3.35. The van der Waals surface area contributed by atoms with Crippen LogP contribution in [0.4, 0.5) is 0 Å². The van der Waals surface area contributed by atoms with Crippen LogP contribution < -0.4 is 5.32 Å². The van der Waals surface area contributed by atoms with Gasteiger partial charge in [-0.2, -0.15) is 0 Å². The highest BCUT2D eigenvalue weighted by Gasteiger charge is 2.64. The van der Waals surface area contributed by atoms with E-state index in [0.29, 0.717) is 24.3 Å². The number of cyclic esters (lactones) is 1. The number of fused-ring (bicyclic) bond motifs is 1. The zero-order chi connectivity index (χ0) is 25.2. The van der Waals surface area contributed by atoms with Crippen LogP contribution in [0.3, 0.4) is 0 Å². The first kappa shape index (κ1) is 25.6. The van der Waals surface area contributed by atoms with E-state index in [9.17, 15) is 19.8 Å². The van der Waals surface area contributed by atoms with Gasteiger partial charge in [0.2, 0.25) is 0 Å². The van der Waals surface area contributed by atoms with E-state index in [2.05, 4.69) is 18.8 Å². The first-order valence-corrected chi connectivity index (χ1v) is 13.0. The summed E-state index contributed by atoms with van der Waals surface area (Å²) in [5.41, 5.74) is 0.0910. The van der Waals surface area contributed by atoms with Crippen LogP contribution in [0.25, 0.3) is 0 Å². The Morgan fingerprint density at radius 1 is 1.29 bits per heavy atom. The minimum absolute atomic E-state index is 0.0616. The van der Waals surface area contributed by atoms with Gasteiger partial charge in [-0.15, -0.1) is 0 Å². The van der Waals surface area contributed by atoms with Crippen LogP contribution >= 0.6 is 0 Å². The highest BCUT2D eigenvalue weighted by molar-refractivity contribution is 5.89. The van der Waals surface area contributed by atoms with Crippen molar-refractivity contribution < 1.29 is 24.5 Å². The Labute approximate surface area is 208 Å². The Balaban J connectivity index is 1.41. The molecule has 1 aromatic carbocycles. The Morgan fingerprint density at radius 2 is 2.03 bits per heavy atom. The topological polar surface area (TPSA) is 95.9 Å². The fourth-order valence-corrected chi connectivity index (χ4v) is 6.26. The maximum Gasteiger partial charge on any atom is 0.306 e. The van der Waals surface area contributed by atoms with Gasteiger partial charge in [0.1, 0.15) is 6.10 Å². The van der Waals surface area contributed by atoms with Crippen molar-refractivity contribution in [1.29, 1.82) is 0 Å². The zero-order valence-electron chi connectivity index (χ0n) is 20.9. The molecule has 3 N–H and O–H groups in total. The molecule has 1 aliphatic carbocycles. The molecule has 8 atom stereocenters. The number of benzene rings is 1. The number of aliphatic hydroxyl groups is 2. The molecule has 4 rings (SSSR count). The van der Waals surface area contributed by atoms with Crippen molar-refractivity contribution in [3.05, 3.63) is 60.2 Å². The third-order valence-corrected chi connectivity index (χ3v) is 8.35. The van der Waals surface area contributed by atoms with Crippen LogP contribution in [0, 0.1) is 23.7 Å². The summed E-state index contributed by atoms with van der Waals surface area (Å²) >= 11 is 0. The second-order valence-electron chi connectivity index (χ2n) is 10.8. The molecule has 35 heavy (non-hydrogen) atoms. The van der Waals surface area contributed by atoms with E-state index in [0.717, 1.165) is 37.7 Å². The van der Waals surface area contributed by atoms with Gasteiger partial charge in [-0.3, -0.25) is 9.59 Å². The number of carbonyl (C=O) groups is 2. The van der Waals surface area contributed by atoms with E-state index < -0.39 is 23.5 Å². The number of nitrogens with one attached hydrogen (secondary N) is 1. The normalized spacial score (nSPS) is 35.7. The second kappa shape index (κ2) is 10.7. The molecule has 0 bridgehead atoms. The van der Waals surface area contributed by atoms with E-state index >= 15 is 0 Å². The fraction of sp³-hybridized carbons (Fsp3) is 0.586. The lowest BCUT2D eigenvalue weighted by atomic mass is 9.60. The van der Waals surface area contributed by atoms with E-state index in [1.165, 1.54) is 0 Å². The molecule has 2 aliphatic heterocycles. The molecule has 1 amide bonds. The van der Waals surface area contributed by atoms with Gasteiger partial charge in [-0.1, -0.05) is 69.3 Å².